The minimum Gasteiger partial charge on any atom is -0.389 e. The van der Waals surface area contributed by atoms with Crippen molar-refractivity contribution in [3.63, 3.8) is 0 Å². The Bertz CT molecular complexity index is 7240. The summed E-state index contributed by atoms with van der Waals surface area (Å²) in [5.74, 6) is -0.388. The molecule has 7 aliphatic rings. The predicted molar refractivity (Wildman–Crippen MR) is 580 cm³/mol. The van der Waals surface area contributed by atoms with Crippen LogP contribution in [-0.4, -0.2) is 437 Å². The average molecular weight is 2200 g/mol. The first-order valence-electron chi connectivity index (χ1n) is 47.8. The molecule has 7 fully saturated rings. The first-order valence-corrected chi connectivity index (χ1v) is 66.6. The number of nitrogens with two attached hydrogens (primary N) is 1. The van der Waals surface area contributed by atoms with Crippen molar-refractivity contribution in [3.05, 3.63) is 129 Å². The van der Waals surface area contributed by atoms with E-state index in [-0.39, 0.29) is 78.7 Å². The zero-order chi connectivity index (χ0) is 109. The zero-order valence-corrected chi connectivity index (χ0v) is 92.4. The van der Waals surface area contributed by atoms with Gasteiger partial charge in [-0.3, -0.25) is 61.2 Å². The van der Waals surface area contributed by atoms with Gasteiger partial charge >= 0.3 is 0 Å². The molecule has 814 valence electrons. The largest absolute Gasteiger partial charge is 0.389 e. The van der Waals surface area contributed by atoms with Gasteiger partial charge in [-0.25, -0.2) is 59.2 Å². The SMILES string of the molecule is C=P(C)(C)CCC1OC(n2cnc3c(=O)[nH]c(C)nc32)C(O)(O)[C@@H]1O.C=P(C)(C)CCC1OC(n2cnc3c(=O)[nH]c(C)nc32)[C@H](Cl)[C@@H]1O.C=P(C)(C)CCC1OC(n2cnc3c(=O)[nH]c(C)nc32)[C@H](F)[C@@H]1O.C=P(C)(C)CCC1OC(n2cnc3c(=O)[nH]c(C)nc32)[C@](C)(O)[C@@H]1O.C=P(C)(C)CC[C@@]1(C)OC(n2cnc3c(=O)[nH]c(C)nc32)[C@H](O)[C@@H]1O.C=P(C)(C)CC[C@@]12CO[C@@H](C(n3cnc4c(=O)[nH]c(N)nc43)O1)[C@@H]2O. The molecule has 0 aromatic carbocycles. The van der Waals surface area contributed by atoms with E-state index in [4.69, 9.17) is 50.5 Å². The van der Waals surface area contributed by atoms with E-state index in [9.17, 15) is 84.2 Å². The summed E-state index contributed by atoms with van der Waals surface area (Å²) in [4.78, 5) is 137. The standard InChI is InChI=1S/2C16H25N4O4P.C15H22ClN4O3P.C15H22FN4O3P.C15H22N5O4P.C15H23N4O5P/c1-9-18-13-10(14(23)19-9)17-8-20(13)15-11(21)12(22)16(2,24-15)6-7-25(3,4)5;1-9-18-13-11(14(22)19-9)17-8-20(13)15-16(2,23)12(21)10(24-15)6-7-25(3,4)5;2*1-8-18-13-11(14(22)19-8)17-7-20(13)15-10(16)12(21)9(23-15)5-6-24(2,3)4;1-25(2,3)5-4-15-6-23-9(10(15)21)13(24-15)20-7-17-8-11(20)18-14(16)19-12(8)22;1-8-17-12-10(13(21)18-8)16-7-19(12)14-15(22,23)11(20)9(24-14)5-6-25(2,3)4/h8,11-12,15,21-22H,3,6-7H2,1-2,4-5H3,(H,18,19,23);8,10,12,15,21,23H,3,6-7H2,1-2,4-5H3,(H,18,19,22);2*7,9-10,12,15,21H,2,5-6H2,1,3-4H3,(H,18,19,22);7,9-10,13,21H,1,4-6H2,2-3H3,(H3,16,18,19,22);7,9,11,14,20,22-23H,2,5-6H2,1,3-4H3,(H,17,18,21)/t11-,12+,15?,16-;10?,12-,15?,16-;2*9?,10-,12-,15?;9-,10+,13?,15+;9?,11-,14?/m111111/s1. The number of aryl methyl sites for hydroxylation is 5. The fourth-order valence-electron chi connectivity index (χ4n) is 18.4. The molecule has 0 aliphatic carbocycles. The third kappa shape index (κ3) is 25.0. The minimum atomic E-state index is -2.53. The minimum absolute atomic E-state index is 0.00203. The third-order valence-electron chi connectivity index (χ3n) is 26.7. The van der Waals surface area contributed by atoms with Gasteiger partial charge in [-0.1, -0.05) is 0 Å². The molecule has 12 aromatic heterocycles. The maximum Gasteiger partial charge on any atom is 0.280 e. The van der Waals surface area contributed by atoms with Gasteiger partial charge in [0.1, 0.15) is 94.5 Å². The molecule has 0 spiro atoms. The van der Waals surface area contributed by atoms with Gasteiger partial charge in [0.25, 0.3) is 33.4 Å². The quantitative estimate of drug-likeness (QED) is 0.0235. The van der Waals surface area contributed by atoms with Crippen LogP contribution in [0.2, 0.25) is 0 Å². The van der Waals surface area contributed by atoms with Crippen molar-refractivity contribution in [1.82, 2.24) is 117 Å². The van der Waals surface area contributed by atoms with Gasteiger partial charge < -0.3 is 115 Å². The van der Waals surface area contributed by atoms with E-state index in [1.165, 1.54) is 63.2 Å². The highest BCUT2D eigenvalue weighted by molar-refractivity contribution is 7.73. The molecular formula is C92H139ClFN25O23P6. The summed E-state index contributed by atoms with van der Waals surface area (Å²) < 4.78 is 65.1. The number of ether oxygens (including phenoxy) is 7. The van der Waals surface area contributed by atoms with E-state index in [2.05, 4.69) is 207 Å². The number of rotatable bonds is 24. The molecule has 56 heteroatoms. The highest BCUT2D eigenvalue weighted by atomic mass is 35.5. The molecule has 148 heavy (non-hydrogen) atoms. The number of aromatic amines is 6. The smallest absolute Gasteiger partial charge is 0.280 e. The summed E-state index contributed by atoms with van der Waals surface area (Å²) >= 11 is 6.40. The lowest BCUT2D eigenvalue weighted by Gasteiger charge is -2.32. The van der Waals surface area contributed by atoms with Crippen LogP contribution in [0, 0.1) is 34.6 Å². The van der Waals surface area contributed by atoms with Crippen LogP contribution >= 0.6 is 52.9 Å². The van der Waals surface area contributed by atoms with Crippen molar-refractivity contribution >= 4 is 164 Å². The summed E-state index contributed by atoms with van der Waals surface area (Å²) in [6, 6.07) is 0. The number of imidazole rings is 6. The van der Waals surface area contributed by atoms with Gasteiger partial charge in [0, 0.05) is 0 Å². The highest BCUT2D eigenvalue weighted by Gasteiger charge is 2.63. The second-order valence-electron chi connectivity index (χ2n) is 43.8. The Labute approximate surface area is 854 Å². The topological polar surface area (TPSA) is 674 Å². The lowest BCUT2D eigenvalue weighted by molar-refractivity contribution is -0.247. The number of nitrogens with zero attached hydrogens (tertiary/aromatic N) is 18. The van der Waals surface area contributed by atoms with Crippen molar-refractivity contribution < 1.29 is 88.6 Å². The Kier molecular flexibility index (Phi) is 33.6. The molecule has 18 N–H and O–H groups in total. The fourth-order valence-corrected chi connectivity index (χ4v) is 24.6. The lowest BCUT2D eigenvalue weighted by atomic mass is 9.95. The summed E-state index contributed by atoms with van der Waals surface area (Å²) in [7, 11) is 0. The molecule has 0 amide bonds. The van der Waals surface area contributed by atoms with Crippen LogP contribution in [0.4, 0.5) is 10.3 Å². The molecule has 19 heterocycles. The molecule has 48 nitrogen and oxygen atoms in total. The summed E-state index contributed by atoms with van der Waals surface area (Å²) in [5, 5.41) is 104. The van der Waals surface area contributed by atoms with E-state index in [1.807, 2.05) is 0 Å². The van der Waals surface area contributed by atoms with E-state index in [0.717, 1.165) is 37.0 Å². The number of aliphatic hydroxyl groups is 10. The number of alkyl halides is 2. The number of hydrogen-bond donors (Lipinski definition) is 17. The predicted octanol–water partition coefficient (Wildman–Crippen LogP) is 2.88. The zero-order valence-electron chi connectivity index (χ0n) is 86.3. The van der Waals surface area contributed by atoms with Crippen LogP contribution in [0.5, 0.6) is 0 Å². The third-order valence-corrected chi connectivity index (χ3v) is 35.9. The van der Waals surface area contributed by atoms with Crippen molar-refractivity contribution in [3.8, 4) is 0 Å². The number of nitrogen functional groups attached to an aromatic ring is 1. The first-order chi connectivity index (χ1) is 68.6. The average Bonchev–Trinajstić information content (AvgIpc) is 1.56. The summed E-state index contributed by atoms with van der Waals surface area (Å²) in [6.07, 6.45) is 24.7. The fraction of sp³-hybridized carbons (Fsp3) is 0.609. The number of aliphatic hydroxyl groups excluding tert-OH is 7. The van der Waals surface area contributed by atoms with Gasteiger partial charge in [-0.15, -0.1) is 90.7 Å². The van der Waals surface area contributed by atoms with E-state index >= 15 is 0 Å². The Balaban J connectivity index is 0.000000140. The molecule has 0 saturated carbocycles. The Hall–Kier alpha value is -8.76. The molecular weight excluding hydrogens is 2060 g/mol. The Morgan fingerprint density at radius 2 is 0.709 bits per heavy atom. The van der Waals surface area contributed by atoms with Crippen LogP contribution in [-0.2, 0) is 33.2 Å². The van der Waals surface area contributed by atoms with Crippen molar-refractivity contribution in [2.45, 2.75) is 232 Å². The number of H-pyrrole nitrogens is 6. The van der Waals surface area contributed by atoms with E-state index < -0.39 is 191 Å². The van der Waals surface area contributed by atoms with Crippen molar-refractivity contribution in [2.75, 3.05) is 129 Å². The maximum atomic E-state index is 14.6. The van der Waals surface area contributed by atoms with Gasteiger partial charge in [-0.2, -0.15) is 4.98 Å². The van der Waals surface area contributed by atoms with Crippen LogP contribution in [0.25, 0.3) is 67.0 Å². The van der Waals surface area contributed by atoms with Crippen LogP contribution in [0.3, 0.4) is 0 Å². The Morgan fingerprint density at radius 1 is 0.392 bits per heavy atom. The van der Waals surface area contributed by atoms with Crippen LogP contribution in [0.15, 0.2) is 66.7 Å². The molecule has 19 rings (SSSR count). The number of fused-ring (bicyclic) bond motifs is 8. The van der Waals surface area contributed by atoms with Gasteiger partial charge in [0.15, 0.2) is 111 Å². The number of nitrogens with one attached hydrogen (secondary N) is 6. The first kappa shape index (κ1) is 115. The second-order valence-corrected chi connectivity index (χ2v) is 70.2. The van der Waals surface area contributed by atoms with Crippen LogP contribution < -0.4 is 39.1 Å². The van der Waals surface area contributed by atoms with E-state index in [0.29, 0.717) is 96.8 Å². The lowest BCUT2D eigenvalue weighted by Crippen LogP contribution is -2.46. The molecule has 0 radical (unpaired) electrons. The molecule has 2 bridgehead atoms. The second kappa shape index (κ2) is 43.3. The van der Waals surface area contributed by atoms with E-state index in [1.54, 1.807) is 50.7 Å². The van der Waals surface area contributed by atoms with Crippen molar-refractivity contribution in [1.29, 1.82) is 0 Å². The monoisotopic (exact) mass is 2200 g/mol. The van der Waals surface area contributed by atoms with Gasteiger partial charge in [0.2, 0.25) is 11.7 Å². The normalized spacial score (nSPS) is 29.1. The maximum absolute atomic E-state index is 14.6. The van der Waals surface area contributed by atoms with Gasteiger partial charge in [-0.05, 0) is 204 Å². The molecule has 7 saturated heterocycles. The summed E-state index contributed by atoms with van der Waals surface area (Å²) in [5.41, 5.74) is 2.97. The summed E-state index contributed by atoms with van der Waals surface area (Å²) in [6.45, 7) is 29.6. The van der Waals surface area contributed by atoms with Crippen LogP contribution in [0.1, 0.15) is 119 Å². The molecule has 10 unspecified atom stereocenters. The molecule has 7 aliphatic heterocycles. The van der Waals surface area contributed by atoms with Gasteiger partial charge in [0.05, 0.1) is 74.6 Å². The number of anilines is 1. The van der Waals surface area contributed by atoms with Crippen molar-refractivity contribution in [2.24, 2.45) is 0 Å². The Morgan fingerprint density at radius 3 is 1.11 bits per heavy atom. The number of hydrogen-bond acceptors (Lipinski definition) is 36. The molecule has 12 aromatic rings. The number of halogens is 2. The highest BCUT2D eigenvalue weighted by Crippen LogP contribution is 2.53. The molecule has 23 atom stereocenters. The number of aromatic nitrogens is 24.